The molecule has 0 saturated heterocycles. The second-order valence-corrected chi connectivity index (χ2v) is 4.96. The van der Waals surface area contributed by atoms with E-state index in [4.69, 9.17) is 0 Å². The molecule has 0 unspecified atom stereocenters. The van der Waals surface area contributed by atoms with Gasteiger partial charge in [0.15, 0.2) is 13.2 Å². The van der Waals surface area contributed by atoms with Gasteiger partial charge >= 0.3 is 19.9 Å². The molecule has 0 radical (unpaired) electrons. The van der Waals surface area contributed by atoms with Gasteiger partial charge in [0.05, 0.1) is 6.16 Å². The standard InChI is InChI=1S/C7H9F6O3P/c1-2-3-17(14,15-4-6(8,9)10)16-5-7(11,12)13/h2H,1,3-5H2. The molecular weight excluding hydrogens is 277 g/mol. The number of allylic oxidation sites excluding steroid dienone is 1. The molecule has 0 aromatic heterocycles. The number of hydrogen-bond acceptors (Lipinski definition) is 3. The summed E-state index contributed by atoms with van der Waals surface area (Å²) in [4.78, 5) is 0. The van der Waals surface area contributed by atoms with E-state index in [-0.39, 0.29) is 0 Å². The second kappa shape index (κ2) is 5.88. The summed E-state index contributed by atoms with van der Waals surface area (Å²) < 4.78 is 89.6. The fourth-order valence-electron chi connectivity index (χ4n) is 0.644. The molecule has 3 nitrogen and oxygen atoms in total. The Kier molecular flexibility index (Phi) is 5.70. The summed E-state index contributed by atoms with van der Waals surface area (Å²) in [7, 11) is -4.47. The largest absolute Gasteiger partial charge is 0.412 e. The molecule has 10 heteroatoms. The Morgan fingerprint density at radius 1 is 1.00 bits per heavy atom. The number of halogens is 6. The smallest absolute Gasteiger partial charge is 0.299 e. The molecule has 0 bridgehead atoms. The summed E-state index contributed by atoms with van der Waals surface area (Å²) in [6.07, 6.45) is -9.50. The summed E-state index contributed by atoms with van der Waals surface area (Å²) in [5, 5.41) is 0. The van der Waals surface area contributed by atoms with Crippen molar-refractivity contribution in [3.63, 3.8) is 0 Å². The Labute approximate surface area is 92.9 Å². The maximum Gasteiger partial charge on any atom is 0.412 e. The molecule has 102 valence electrons. The fraction of sp³-hybridized carbons (Fsp3) is 0.714. The third-order valence-corrected chi connectivity index (χ3v) is 2.95. The molecule has 0 spiro atoms. The first-order valence-corrected chi connectivity index (χ1v) is 5.83. The molecule has 0 aliphatic heterocycles. The quantitative estimate of drug-likeness (QED) is 0.426. The molecule has 0 rings (SSSR count). The Balaban J connectivity index is 4.46. The van der Waals surface area contributed by atoms with Crippen LogP contribution in [-0.2, 0) is 13.6 Å². The van der Waals surface area contributed by atoms with E-state index in [0.29, 0.717) is 0 Å². The van der Waals surface area contributed by atoms with E-state index in [1.807, 2.05) is 0 Å². The van der Waals surface area contributed by atoms with Crippen LogP contribution >= 0.6 is 7.60 Å². The molecule has 0 aliphatic rings. The molecule has 0 atom stereocenters. The molecule has 0 saturated carbocycles. The van der Waals surface area contributed by atoms with Gasteiger partial charge in [0.1, 0.15) is 0 Å². The highest BCUT2D eigenvalue weighted by molar-refractivity contribution is 7.54. The lowest BCUT2D eigenvalue weighted by Crippen LogP contribution is -2.20. The predicted molar refractivity (Wildman–Crippen MR) is 46.7 cm³/mol. The highest BCUT2D eigenvalue weighted by Gasteiger charge is 2.37. The zero-order chi connectivity index (χ0) is 13.7. The van der Waals surface area contributed by atoms with Crippen molar-refractivity contribution in [2.45, 2.75) is 12.4 Å². The Morgan fingerprint density at radius 3 is 1.59 bits per heavy atom. The minimum Gasteiger partial charge on any atom is -0.299 e. The van der Waals surface area contributed by atoms with Crippen LogP contribution in [0.3, 0.4) is 0 Å². The zero-order valence-corrected chi connectivity index (χ0v) is 9.24. The number of rotatable bonds is 6. The van der Waals surface area contributed by atoms with Gasteiger partial charge in [-0.25, -0.2) is 0 Å². The summed E-state index contributed by atoms with van der Waals surface area (Å²) in [5.41, 5.74) is 0. The van der Waals surface area contributed by atoms with Crippen molar-refractivity contribution < 1.29 is 40.0 Å². The first-order chi connectivity index (χ1) is 7.47. The van der Waals surface area contributed by atoms with E-state index in [2.05, 4.69) is 15.6 Å². The highest BCUT2D eigenvalue weighted by Crippen LogP contribution is 2.50. The van der Waals surface area contributed by atoms with Crippen LogP contribution in [0.2, 0.25) is 0 Å². The minimum atomic E-state index is -4.81. The number of alkyl halides is 6. The van der Waals surface area contributed by atoms with E-state index in [9.17, 15) is 30.9 Å². The molecule has 0 aromatic carbocycles. The van der Waals surface area contributed by atoms with Crippen LogP contribution in [0.5, 0.6) is 0 Å². The minimum absolute atomic E-state index is 0.737. The summed E-state index contributed by atoms with van der Waals surface area (Å²) in [5.74, 6) is 0. The van der Waals surface area contributed by atoms with Gasteiger partial charge in [0, 0.05) is 0 Å². The van der Waals surface area contributed by atoms with E-state index in [1.165, 1.54) is 0 Å². The third kappa shape index (κ3) is 9.20. The van der Waals surface area contributed by atoms with Crippen LogP contribution in [0.15, 0.2) is 12.7 Å². The maximum atomic E-state index is 11.8. The van der Waals surface area contributed by atoms with Crippen molar-refractivity contribution in [2.75, 3.05) is 19.4 Å². The lowest BCUT2D eigenvalue weighted by Gasteiger charge is -2.18. The highest BCUT2D eigenvalue weighted by atomic mass is 31.2. The van der Waals surface area contributed by atoms with E-state index >= 15 is 0 Å². The normalized spacial score (nSPS) is 13.8. The van der Waals surface area contributed by atoms with Gasteiger partial charge in [-0.1, -0.05) is 6.08 Å². The van der Waals surface area contributed by atoms with Crippen molar-refractivity contribution in [3.05, 3.63) is 12.7 Å². The molecule has 0 aromatic rings. The lowest BCUT2D eigenvalue weighted by molar-refractivity contribution is -0.165. The SMILES string of the molecule is C=CCP(=O)(OCC(F)(F)F)OCC(F)(F)F. The number of hydrogen-bond donors (Lipinski definition) is 0. The van der Waals surface area contributed by atoms with Gasteiger partial charge in [-0.15, -0.1) is 6.58 Å². The van der Waals surface area contributed by atoms with Crippen molar-refractivity contribution in [2.24, 2.45) is 0 Å². The van der Waals surface area contributed by atoms with E-state index in [1.54, 1.807) is 0 Å². The van der Waals surface area contributed by atoms with Crippen LogP contribution in [0.25, 0.3) is 0 Å². The van der Waals surface area contributed by atoms with Gasteiger partial charge in [-0.2, -0.15) is 26.3 Å². The average molecular weight is 286 g/mol. The molecule has 0 aliphatic carbocycles. The Hall–Kier alpha value is -0.530. The molecule has 0 N–H and O–H groups in total. The topological polar surface area (TPSA) is 35.5 Å². The van der Waals surface area contributed by atoms with Crippen molar-refractivity contribution in [1.29, 1.82) is 0 Å². The molecular formula is C7H9F6O3P. The predicted octanol–water partition coefficient (Wildman–Crippen LogP) is 3.52. The van der Waals surface area contributed by atoms with Gasteiger partial charge < -0.3 is 0 Å². The molecule has 0 fully saturated rings. The van der Waals surface area contributed by atoms with Crippen molar-refractivity contribution in [3.8, 4) is 0 Å². The van der Waals surface area contributed by atoms with Gasteiger partial charge in [0.25, 0.3) is 0 Å². The van der Waals surface area contributed by atoms with Gasteiger partial charge in [-0.05, 0) is 0 Å². The second-order valence-electron chi connectivity index (χ2n) is 2.86. The van der Waals surface area contributed by atoms with Crippen LogP contribution in [0.1, 0.15) is 0 Å². The summed E-state index contributed by atoms with van der Waals surface area (Å²) in [6, 6.07) is 0. The van der Waals surface area contributed by atoms with Crippen LogP contribution < -0.4 is 0 Å². The van der Waals surface area contributed by atoms with E-state index < -0.39 is 39.3 Å². The van der Waals surface area contributed by atoms with Crippen molar-refractivity contribution >= 4 is 7.60 Å². The average Bonchev–Trinajstić information content (AvgIpc) is 2.11. The van der Waals surface area contributed by atoms with E-state index in [0.717, 1.165) is 6.08 Å². The molecule has 17 heavy (non-hydrogen) atoms. The third-order valence-electron chi connectivity index (χ3n) is 1.20. The van der Waals surface area contributed by atoms with Crippen LogP contribution in [0.4, 0.5) is 26.3 Å². The van der Waals surface area contributed by atoms with Crippen LogP contribution in [-0.4, -0.2) is 31.7 Å². The van der Waals surface area contributed by atoms with Gasteiger partial charge in [-0.3, -0.25) is 13.6 Å². The fourth-order valence-corrected chi connectivity index (χ4v) is 1.93. The summed E-state index contributed by atoms with van der Waals surface area (Å²) >= 11 is 0. The lowest BCUT2D eigenvalue weighted by atomic mass is 10.7. The first kappa shape index (κ1) is 16.5. The maximum absolute atomic E-state index is 11.8. The van der Waals surface area contributed by atoms with Crippen molar-refractivity contribution in [1.82, 2.24) is 0 Å². The van der Waals surface area contributed by atoms with Gasteiger partial charge in [0.2, 0.25) is 0 Å². The first-order valence-electron chi connectivity index (χ1n) is 4.10. The van der Waals surface area contributed by atoms with Crippen LogP contribution in [0, 0.1) is 0 Å². The Morgan fingerprint density at radius 2 is 1.35 bits per heavy atom. The Bertz CT molecular complexity index is 275. The molecule has 0 amide bonds. The monoisotopic (exact) mass is 286 g/mol. The summed E-state index contributed by atoms with van der Waals surface area (Å²) in [6.45, 7) is -0.857. The molecule has 0 heterocycles. The zero-order valence-electron chi connectivity index (χ0n) is 8.35.